The van der Waals surface area contributed by atoms with Gasteiger partial charge < -0.3 is 15.5 Å². The molecule has 0 aliphatic carbocycles. The summed E-state index contributed by atoms with van der Waals surface area (Å²) in [6.07, 6.45) is 0.958. The Bertz CT molecular complexity index is 983. The van der Waals surface area contributed by atoms with E-state index >= 15 is 0 Å². The molecule has 1 heterocycles. The molecule has 2 aromatic rings. The number of rotatable bonds is 7. The predicted octanol–water partition coefficient (Wildman–Crippen LogP) is 1.92. The topological polar surface area (TPSA) is 139 Å². The summed E-state index contributed by atoms with van der Waals surface area (Å²) in [7, 11) is 4.81. The van der Waals surface area contributed by atoms with Crippen LogP contribution in [-0.2, 0) is 7.05 Å². The standard InChI is InChI=1S/C19H27ClN8O2/c1-11-8-13(17-12(2)18(20)27(5)25-17)6-7-16(11)30-10-14(24-3)15(9-21)28(23)19(29)26(4)22/h6-9,21,24H,10,22-23H2,1-5H3/b15-14+,21-9?. The Morgan fingerprint density at radius 1 is 1.40 bits per heavy atom. The highest BCUT2D eigenvalue weighted by atomic mass is 35.5. The first-order chi connectivity index (χ1) is 14.1. The molecule has 10 nitrogen and oxygen atoms in total. The van der Waals surface area contributed by atoms with Crippen molar-refractivity contribution in [3.8, 4) is 17.0 Å². The molecule has 30 heavy (non-hydrogen) atoms. The average molecular weight is 435 g/mol. The first-order valence-corrected chi connectivity index (χ1v) is 9.41. The summed E-state index contributed by atoms with van der Waals surface area (Å²) in [5.41, 5.74) is 4.10. The summed E-state index contributed by atoms with van der Waals surface area (Å²) >= 11 is 6.23. The number of amides is 2. The minimum Gasteiger partial charge on any atom is -0.487 e. The SMILES string of the molecule is CN/C(COc1ccc(-c2nn(C)c(Cl)c2C)cc1C)=C(\C=N)N(N)C(=O)N(C)N. The van der Waals surface area contributed by atoms with E-state index in [0.29, 0.717) is 16.6 Å². The normalized spacial score (nSPS) is 11.6. The van der Waals surface area contributed by atoms with Crippen molar-refractivity contribution in [1.82, 2.24) is 25.1 Å². The van der Waals surface area contributed by atoms with E-state index in [1.807, 2.05) is 32.0 Å². The van der Waals surface area contributed by atoms with Crippen LogP contribution in [0.15, 0.2) is 29.6 Å². The molecule has 0 bridgehead atoms. The van der Waals surface area contributed by atoms with Crippen LogP contribution in [0, 0.1) is 19.3 Å². The molecular weight excluding hydrogens is 408 g/mol. The van der Waals surface area contributed by atoms with Gasteiger partial charge in [-0.1, -0.05) is 11.6 Å². The van der Waals surface area contributed by atoms with Crippen LogP contribution in [0.5, 0.6) is 5.75 Å². The summed E-state index contributed by atoms with van der Waals surface area (Å²) in [6, 6.07) is 5.02. The van der Waals surface area contributed by atoms with Crippen LogP contribution in [0.25, 0.3) is 11.3 Å². The van der Waals surface area contributed by atoms with Gasteiger partial charge in [-0.3, -0.25) is 9.69 Å². The van der Waals surface area contributed by atoms with Gasteiger partial charge in [0.05, 0.1) is 11.4 Å². The molecule has 1 aromatic carbocycles. The number of nitrogens with zero attached hydrogens (tertiary/aromatic N) is 4. The summed E-state index contributed by atoms with van der Waals surface area (Å²) in [4.78, 5) is 12.0. The summed E-state index contributed by atoms with van der Waals surface area (Å²) in [5, 5.41) is 17.2. The van der Waals surface area contributed by atoms with Crippen molar-refractivity contribution >= 4 is 23.8 Å². The van der Waals surface area contributed by atoms with Crippen LogP contribution in [0.4, 0.5) is 4.79 Å². The second-order valence-electron chi connectivity index (χ2n) is 6.68. The number of benzene rings is 1. The van der Waals surface area contributed by atoms with Crippen molar-refractivity contribution in [2.24, 2.45) is 18.7 Å². The van der Waals surface area contributed by atoms with Gasteiger partial charge >= 0.3 is 6.03 Å². The Labute approximate surface area is 180 Å². The Balaban J connectivity index is 2.26. The first kappa shape index (κ1) is 23.2. The minimum atomic E-state index is -0.675. The van der Waals surface area contributed by atoms with Crippen LogP contribution in [0.1, 0.15) is 11.1 Å². The zero-order chi connectivity index (χ0) is 22.6. The first-order valence-electron chi connectivity index (χ1n) is 9.03. The highest BCUT2D eigenvalue weighted by Crippen LogP contribution is 2.30. The number of aromatic nitrogens is 2. The summed E-state index contributed by atoms with van der Waals surface area (Å²) in [5.74, 6) is 11.9. The average Bonchev–Trinajstić information content (AvgIpc) is 2.98. The number of hydrazine groups is 2. The lowest BCUT2D eigenvalue weighted by molar-refractivity contribution is 0.178. The van der Waals surface area contributed by atoms with Crippen LogP contribution in [0.2, 0.25) is 5.15 Å². The van der Waals surface area contributed by atoms with Crippen LogP contribution in [-0.4, -0.2) is 52.7 Å². The zero-order valence-corrected chi connectivity index (χ0v) is 18.4. The van der Waals surface area contributed by atoms with Gasteiger partial charge in [-0.25, -0.2) is 21.5 Å². The van der Waals surface area contributed by atoms with Gasteiger partial charge in [0.25, 0.3) is 0 Å². The van der Waals surface area contributed by atoms with Crippen LogP contribution in [0.3, 0.4) is 0 Å². The maximum absolute atomic E-state index is 12.0. The fourth-order valence-corrected chi connectivity index (χ4v) is 2.97. The second-order valence-corrected chi connectivity index (χ2v) is 7.04. The number of likely N-dealkylation sites (N-methyl/N-ethyl adjacent to an activating group) is 1. The molecule has 11 heteroatoms. The van der Waals surface area contributed by atoms with Gasteiger partial charge in [0, 0.05) is 38.5 Å². The molecule has 0 atom stereocenters. The Kier molecular flexibility index (Phi) is 7.43. The molecule has 2 rings (SSSR count). The molecule has 2 amide bonds. The second kappa shape index (κ2) is 9.61. The zero-order valence-electron chi connectivity index (χ0n) is 17.7. The van der Waals surface area contributed by atoms with Crippen LogP contribution >= 0.6 is 11.6 Å². The number of carbonyl (C=O) groups is 1. The molecule has 0 aliphatic rings. The highest BCUT2D eigenvalue weighted by Gasteiger charge is 2.19. The fraction of sp³-hybridized carbons (Fsp3) is 0.316. The molecule has 0 radical (unpaired) electrons. The van der Waals surface area contributed by atoms with E-state index < -0.39 is 6.03 Å². The van der Waals surface area contributed by atoms with Crippen molar-refractivity contribution in [2.75, 3.05) is 20.7 Å². The smallest absolute Gasteiger partial charge is 0.352 e. The van der Waals surface area contributed by atoms with Gasteiger partial charge in [0.2, 0.25) is 0 Å². The molecule has 0 unspecified atom stereocenters. The van der Waals surface area contributed by atoms with E-state index in [1.165, 1.54) is 7.05 Å². The van der Waals surface area contributed by atoms with E-state index in [4.69, 9.17) is 33.4 Å². The summed E-state index contributed by atoms with van der Waals surface area (Å²) in [6.45, 7) is 3.90. The van der Waals surface area contributed by atoms with Gasteiger partial charge in [-0.05, 0) is 37.6 Å². The Morgan fingerprint density at radius 3 is 2.53 bits per heavy atom. The molecule has 0 saturated heterocycles. The predicted molar refractivity (Wildman–Crippen MR) is 117 cm³/mol. The number of aryl methyl sites for hydroxylation is 2. The quantitative estimate of drug-likeness (QED) is 0.227. The molecule has 0 spiro atoms. The maximum atomic E-state index is 12.0. The van der Waals surface area contributed by atoms with Crippen molar-refractivity contribution in [1.29, 1.82) is 5.41 Å². The number of halogens is 1. The third-order valence-corrected chi connectivity index (χ3v) is 5.06. The van der Waals surface area contributed by atoms with Gasteiger partial charge in [-0.2, -0.15) is 5.10 Å². The monoisotopic (exact) mass is 434 g/mol. The number of hydrogen-bond acceptors (Lipinski definition) is 7. The molecule has 1 aromatic heterocycles. The lowest BCUT2D eigenvalue weighted by Crippen LogP contribution is -2.49. The molecule has 0 saturated carbocycles. The number of hydrogen-bond donors (Lipinski definition) is 4. The lowest BCUT2D eigenvalue weighted by Gasteiger charge is -2.23. The number of ether oxygens (including phenoxy) is 1. The largest absolute Gasteiger partial charge is 0.487 e. The van der Waals surface area contributed by atoms with E-state index in [1.54, 1.807) is 18.8 Å². The molecule has 0 aliphatic heterocycles. The number of urea groups is 1. The van der Waals surface area contributed by atoms with Crippen LogP contribution < -0.4 is 21.7 Å². The van der Waals surface area contributed by atoms with E-state index in [9.17, 15) is 4.79 Å². The Hall–Kier alpha value is -3.08. The van der Waals surface area contributed by atoms with Crippen molar-refractivity contribution in [3.05, 3.63) is 45.9 Å². The lowest BCUT2D eigenvalue weighted by atomic mass is 10.1. The molecule has 162 valence electrons. The summed E-state index contributed by atoms with van der Waals surface area (Å²) < 4.78 is 7.53. The highest BCUT2D eigenvalue weighted by molar-refractivity contribution is 6.30. The fourth-order valence-electron chi connectivity index (χ4n) is 2.84. The Morgan fingerprint density at radius 2 is 2.07 bits per heavy atom. The van der Waals surface area contributed by atoms with Gasteiger partial charge in [0.1, 0.15) is 23.2 Å². The number of nitrogens with one attached hydrogen (secondary N) is 2. The van der Waals surface area contributed by atoms with Crippen molar-refractivity contribution in [3.63, 3.8) is 0 Å². The maximum Gasteiger partial charge on any atom is 0.352 e. The molecular formula is C19H27ClN8O2. The van der Waals surface area contributed by atoms with Gasteiger partial charge in [-0.15, -0.1) is 0 Å². The van der Waals surface area contributed by atoms with E-state index in [2.05, 4.69) is 10.4 Å². The van der Waals surface area contributed by atoms with E-state index in [-0.39, 0.29) is 12.3 Å². The molecule has 0 fully saturated rings. The number of allylic oxidation sites excluding steroid dienone is 1. The minimum absolute atomic E-state index is 0.0606. The van der Waals surface area contributed by atoms with Gasteiger partial charge in [0.15, 0.2) is 0 Å². The van der Waals surface area contributed by atoms with Crippen molar-refractivity contribution in [2.45, 2.75) is 13.8 Å². The van der Waals surface area contributed by atoms with E-state index in [0.717, 1.165) is 38.6 Å². The third-order valence-electron chi connectivity index (χ3n) is 4.53. The van der Waals surface area contributed by atoms with Crippen molar-refractivity contribution < 1.29 is 9.53 Å². The number of nitrogens with two attached hydrogens (primary N) is 2. The molecule has 6 N–H and O–H groups in total. The number of carbonyl (C=O) groups excluding carboxylic acids is 1. The third kappa shape index (κ3) is 4.73.